The van der Waals surface area contributed by atoms with Crippen LogP contribution in [0.5, 0.6) is 0 Å². The van der Waals surface area contributed by atoms with Crippen LogP contribution in [-0.4, -0.2) is 12.5 Å². The Morgan fingerprint density at radius 1 is 0.733 bits per heavy atom. The van der Waals surface area contributed by atoms with Crippen LogP contribution < -0.4 is 5.32 Å². The van der Waals surface area contributed by atoms with Gasteiger partial charge in [0.25, 0.3) is 5.91 Å². The van der Waals surface area contributed by atoms with Gasteiger partial charge >= 0.3 is 0 Å². The van der Waals surface area contributed by atoms with E-state index in [4.69, 9.17) is 0 Å². The summed E-state index contributed by atoms with van der Waals surface area (Å²) < 4.78 is 0. The van der Waals surface area contributed by atoms with E-state index in [1.807, 2.05) is 17.5 Å². The SMILES string of the molecule is O=C(NCC1(c2ccccc2)CC1(c1ccccc1)c1ccccc1)c1cccs1. The maximum Gasteiger partial charge on any atom is 0.261 e. The molecule has 0 spiro atoms. The first kappa shape index (κ1) is 18.8. The second-order valence-corrected chi connectivity index (χ2v) is 8.87. The van der Waals surface area contributed by atoms with Crippen LogP contribution >= 0.6 is 11.3 Å². The number of amides is 1. The molecule has 0 aliphatic heterocycles. The fourth-order valence-corrected chi connectivity index (χ4v) is 5.56. The molecule has 1 unspecified atom stereocenters. The van der Waals surface area contributed by atoms with Gasteiger partial charge in [0.05, 0.1) is 4.88 Å². The molecule has 1 fully saturated rings. The first-order valence-corrected chi connectivity index (χ1v) is 11.1. The van der Waals surface area contributed by atoms with Crippen molar-refractivity contribution in [3.05, 3.63) is 130 Å². The zero-order valence-corrected chi connectivity index (χ0v) is 17.4. The summed E-state index contributed by atoms with van der Waals surface area (Å²) in [6, 6.07) is 35.9. The molecule has 1 N–H and O–H groups in total. The van der Waals surface area contributed by atoms with E-state index in [9.17, 15) is 4.79 Å². The summed E-state index contributed by atoms with van der Waals surface area (Å²) in [7, 11) is 0. The first-order chi connectivity index (χ1) is 14.8. The van der Waals surface area contributed by atoms with Crippen molar-refractivity contribution in [2.45, 2.75) is 17.3 Å². The molecule has 5 rings (SSSR count). The lowest BCUT2D eigenvalue weighted by atomic mass is 9.77. The molecule has 1 heterocycles. The molecule has 1 aliphatic rings. The minimum absolute atomic E-state index is 0.00206. The summed E-state index contributed by atoms with van der Waals surface area (Å²) in [5.74, 6) is 0.00206. The summed E-state index contributed by atoms with van der Waals surface area (Å²) in [5, 5.41) is 5.19. The molecule has 1 aromatic heterocycles. The molecule has 1 atom stereocenters. The number of carbonyl (C=O) groups is 1. The molecule has 1 amide bonds. The van der Waals surface area contributed by atoms with Crippen molar-refractivity contribution >= 4 is 17.2 Å². The fraction of sp³-hybridized carbons (Fsp3) is 0.148. The zero-order chi connectivity index (χ0) is 20.4. The molecule has 1 aliphatic carbocycles. The van der Waals surface area contributed by atoms with Crippen LogP contribution in [0.2, 0.25) is 0 Å². The third kappa shape index (κ3) is 2.98. The van der Waals surface area contributed by atoms with Crippen LogP contribution in [0.25, 0.3) is 0 Å². The number of hydrogen-bond donors (Lipinski definition) is 1. The molecule has 148 valence electrons. The van der Waals surface area contributed by atoms with Crippen molar-refractivity contribution in [1.82, 2.24) is 5.32 Å². The van der Waals surface area contributed by atoms with E-state index in [0.717, 1.165) is 11.3 Å². The van der Waals surface area contributed by atoms with E-state index >= 15 is 0 Å². The summed E-state index contributed by atoms with van der Waals surface area (Å²) in [5.41, 5.74) is 3.50. The van der Waals surface area contributed by atoms with Gasteiger partial charge in [-0.15, -0.1) is 11.3 Å². The van der Waals surface area contributed by atoms with Gasteiger partial charge in [-0.1, -0.05) is 97.1 Å². The van der Waals surface area contributed by atoms with E-state index in [1.54, 1.807) is 0 Å². The van der Waals surface area contributed by atoms with Crippen LogP contribution in [0.15, 0.2) is 109 Å². The number of rotatable bonds is 6. The molecule has 3 aromatic carbocycles. The Morgan fingerprint density at radius 3 is 1.77 bits per heavy atom. The molecule has 2 nitrogen and oxygen atoms in total. The molecular formula is C27H23NOS. The normalized spacial score (nSPS) is 19.2. The van der Waals surface area contributed by atoms with E-state index < -0.39 is 0 Å². The van der Waals surface area contributed by atoms with E-state index in [-0.39, 0.29) is 16.7 Å². The second-order valence-electron chi connectivity index (χ2n) is 7.92. The van der Waals surface area contributed by atoms with Crippen LogP contribution in [-0.2, 0) is 10.8 Å². The highest BCUT2D eigenvalue weighted by Crippen LogP contribution is 2.68. The summed E-state index contributed by atoms with van der Waals surface area (Å²) in [6.07, 6.45) is 0.961. The van der Waals surface area contributed by atoms with Gasteiger partial charge in [-0.05, 0) is 34.6 Å². The molecule has 0 radical (unpaired) electrons. The van der Waals surface area contributed by atoms with Crippen molar-refractivity contribution in [1.29, 1.82) is 0 Å². The lowest BCUT2D eigenvalue weighted by Crippen LogP contribution is -2.37. The smallest absolute Gasteiger partial charge is 0.261 e. The minimum atomic E-state index is -0.191. The Kier molecular flexibility index (Phi) is 4.76. The van der Waals surface area contributed by atoms with Crippen molar-refractivity contribution in [2.24, 2.45) is 0 Å². The predicted octanol–water partition coefficient (Wildman–Crippen LogP) is 5.81. The number of thiophene rings is 1. The van der Waals surface area contributed by atoms with Crippen molar-refractivity contribution in [3.8, 4) is 0 Å². The zero-order valence-electron chi connectivity index (χ0n) is 16.6. The van der Waals surface area contributed by atoms with Gasteiger partial charge in [0, 0.05) is 17.4 Å². The standard InChI is InChI=1S/C27H23NOS/c29-25(24-17-10-18-30-24)28-20-26(21-11-4-1-5-12-21)19-27(26,22-13-6-2-7-14-22)23-15-8-3-9-16-23/h1-18H,19-20H2,(H,28,29). The molecule has 1 saturated carbocycles. The quantitative estimate of drug-likeness (QED) is 0.428. The van der Waals surface area contributed by atoms with Gasteiger partial charge in [-0.2, -0.15) is 0 Å². The highest BCUT2D eigenvalue weighted by Gasteiger charge is 2.69. The summed E-state index contributed by atoms with van der Waals surface area (Å²) in [6.45, 7) is 0.595. The summed E-state index contributed by atoms with van der Waals surface area (Å²) in [4.78, 5) is 13.5. The molecular weight excluding hydrogens is 386 g/mol. The number of nitrogens with one attached hydrogen (secondary N) is 1. The number of hydrogen-bond acceptors (Lipinski definition) is 2. The summed E-state index contributed by atoms with van der Waals surface area (Å²) >= 11 is 1.48. The number of carbonyl (C=O) groups excluding carboxylic acids is 1. The molecule has 3 heteroatoms. The average Bonchev–Trinajstić information content (AvgIpc) is 3.20. The molecule has 0 bridgehead atoms. The maximum absolute atomic E-state index is 12.8. The third-order valence-corrected chi connectivity index (χ3v) is 7.28. The average molecular weight is 410 g/mol. The Balaban J connectivity index is 1.61. The fourth-order valence-electron chi connectivity index (χ4n) is 4.92. The Morgan fingerprint density at radius 2 is 1.27 bits per heavy atom. The highest BCUT2D eigenvalue weighted by atomic mass is 32.1. The van der Waals surface area contributed by atoms with E-state index in [2.05, 4.69) is 96.3 Å². The highest BCUT2D eigenvalue weighted by molar-refractivity contribution is 7.12. The number of benzene rings is 3. The molecule has 0 saturated heterocycles. The van der Waals surface area contributed by atoms with Crippen LogP contribution in [0.4, 0.5) is 0 Å². The van der Waals surface area contributed by atoms with Gasteiger partial charge in [0.15, 0.2) is 0 Å². The van der Waals surface area contributed by atoms with E-state index in [0.29, 0.717) is 6.54 Å². The Labute approximate surface area is 181 Å². The van der Waals surface area contributed by atoms with Crippen LogP contribution in [0, 0.1) is 0 Å². The lowest BCUT2D eigenvalue weighted by molar-refractivity contribution is 0.0953. The predicted molar refractivity (Wildman–Crippen MR) is 123 cm³/mol. The van der Waals surface area contributed by atoms with E-state index in [1.165, 1.54) is 28.0 Å². The molecule has 4 aromatic rings. The van der Waals surface area contributed by atoms with Gasteiger partial charge in [-0.25, -0.2) is 0 Å². The first-order valence-electron chi connectivity index (χ1n) is 10.2. The Bertz CT molecular complexity index is 1080. The van der Waals surface area contributed by atoms with Crippen LogP contribution in [0.1, 0.15) is 32.8 Å². The monoisotopic (exact) mass is 409 g/mol. The van der Waals surface area contributed by atoms with Gasteiger partial charge in [0.1, 0.15) is 0 Å². The lowest BCUT2D eigenvalue weighted by Gasteiger charge is -2.28. The van der Waals surface area contributed by atoms with Gasteiger partial charge in [-0.3, -0.25) is 4.79 Å². The van der Waals surface area contributed by atoms with Crippen molar-refractivity contribution in [2.75, 3.05) is 6.54 Å². The molecule has 30 heavy (non-hydrogen) atoms. The second kappa shape index (κ2) is 7.58. The third-order valence-electron chi connectivity index (χ3n) is 6.41. The van der Waals surface area contributed by atoms with Crippen molar-refractivity contribution < 1.29 is 4.79 Å². The minimum Gasteiger partial charge on any atom is -0.350 e. The van der Waals surface area contributed by atoms with Crippen LogP contribution in [0.3, 0.4) is 0 Å². The van der Waals surface area contributed by atoms with Crippen molar-refractivity contribution in [3.63, 3.8) is 0 Å². The topological polar surface area (TPSA) is 29.1 Å². The largest absolute Gasteiger partial charge is 0.350 e. The maximum atomic E-state index is 12.8. The van der Waals surface area contributed by atoms with Gasteiger partial charge < -0.3 is 5.32 Å². The van der Waals surface area contributed by atoms with Gasteiger partial charge in [0.2, 0.25) is 0 Å². The Hall–Kier alpha value is -3.17.